The Bertz CT molecular complexity index is 305. The van der Waals surface area contributed by atoms with Gasteiger partial charge in [-0.1, -0.05) is 6.92 Å². The Morgan fingerprint density at radius 1 is 1.67 bits per heavy atom. The summed E-state index contributed by atoms with van der Waals surface area (Å²) in [6.45, 7) is 6.31. The van der Waals surface area contributed by atoms with Crippen molar-refractivity contribution in [2.24, 2.45) is 5.92 Å². The smallest absolute Gasteiger partial charge is 0.138 e. The summed E-state index contributed by atoms with van der Waals surface area (Å²) in [5.41, 5.74) is 1.06. The van der Waals surface area contributed by atoms with Gasteiger partial charge in [-0.25, -0.2) is 4.68 Å². The summed E-state index contributed by atoms with van der Waals surface area (Å²) in [6.07, 6.45) is 0. The molecule has 1 aliphatic heterocycles. The van der Waals surface area contributed by atoms with E-state index in [4.69, 9.17) is 0 Å². The number of nitrogens with zero attached hydrogens (tertiary/aromatic N) is 2. The first-order chi connectivity index (χ1) is 5.68. The Balaban J connectivity index is 2.43. The fourth-order valence-corrected chi connectivity index (χ4v) is 1.92. The number of aromatic nitrogens is 2. The first-order valence-electron chi connectivity index (χ1n) is 4.15. The number of hydrogen-bond acceptors (Lipinski definition) is 2. The molecule has 0 aromatic carbocycles. The Kier molecular flexibility index (Phi) is 1.87. The van der Waals surface area contributed by atoms with Crippen molar-refractivity contribution in [3.05, 3.63) is 10.2 Å². The van der Waals surface area contributed by atoms with Gasteiger partial charge in [-0.3, -0.25) is 0 Å². The Morgan fingerprint density at radius 2 is 2.42 bits per heavy atom. The van der Waals surface area contributed by atoms with E-state index >= 15 is 0 Å². The lowest BCUT2D eigenvalue weighted by molar-refractivity contribution is 0.443. The van der Waals surface area contributed by atoms with Crippen LogP contribution in [0, 0.1) is 12.8 Å². The molecule has 0 spiro atoms. The van der Waals surface area contributed by atoms with Crippen molar-refractivity contribution in [1.82, 2.24) is 9.78 Å². The predicted molar refractivity (Wildman–Crippen MR) is 52.3 cm³/mol. The van der Waals surface area contributed by atoms with Crippen LogP contribution in [0.15, 0.2) is 4.47 Å². The highest BCUT2D eigenvalue weighted by atomic mass is 79.9. The lowest BCUT2D eigenvalue weighted by Gasteiger charge is -2.21. The normalized spacial score (nSPS) is 21.8. The van der Waals surface area contributed by atoms with E-state index in [1.807, 2.05) is 11.6 Å². The van der Waals surface area contributed by atoms with Gasteiger partial charge in [0.15, 0.2) is 0 Å². The summed E-state index contributed by atoms with van der Waals surface area (Å²) in [6, 6.07) is 0. The Morgan fingerprint density at radius 3 is 3.17 bits per heavy atom. The highest BCUT2D eigenvalue weighted by Gasteiger charge is 2.19. The molecule has 2 heterocycles. The molecule has 1 aliphatic rings. The van der Waals surface area contributed by atoms with Crippen LogP contribution in [0.3, 0.4) is 0 Å². The van der Waals surface area contributed by atoms with Crippen LogP contribution in [0.4, 0.5) is 5.82 Å². The molecule has 0 saturated carbocycles. The van der Waals surface area contributed by atoms with Gasteiger partial charge >= 0.3 is 0 Å². The zero-order valence-electron chi connectivity index (χ0n) is 7.26. The van der Waals surface area contributed by atoms with Crippen LogP contribution >= 0.6 is 15.9 Å². The molecule has 0 saturated heterocycles. The van der Waals surface area contributed by atoms with E-state index in [-0.39, 0.29) is 0 Å². The third-order valence-corrected chi connectivity index (χ3v) is 3.11. The molecule has 0 radical (unpaired) electrons. The Labute approximate surface area is 80.3 Å². The second kappa shape index (κ2) is 2.76. The SMILES string of the molecule is Cc1nn2c(c1Br)NCC(C)C2. The first-order valence-corrected chi connectivity index (χ1v) is 4.94. The second-order valence-electron chi connectivity index (χ2n) is 3.42. The molecule has 1 N–H and O–H groups in total. The van der Waals surface area contributed by atoms with Gasteiger partial charge in [-0.2, -0.15) is 5.10 Å². The first kappa shape index (κ1) is 8.10. The fourth-order valence-electron chi connectivity index (χ4n) is 1.49. The van der Waals surface area contributed by atoms with Crippen LogP contribution < -0.4 is 5.32 Å². The minimum absolute atomic E-state index is 0.670. The maximum atomic E-state index is 4.41. The number of rotatable bonds is 0. The maximum Gasteiger partial charge on any atom is 0.138 e. The van der Waals surface area contributed by atoms with Gasteiger partial charge in [0.25, 0.3) is 0 Å². The fraction of sp³-hybridized carbons (Fsp3) is 0.625. The molecule has 0 aliphatic carbocycles. The summed E-state index contributed by atoms with van der Waals surface area (Å²) >= 11 is 3.51. The molecule has 66 valence electrons. The van der Waals surface area contributed by atoms with Crippen molar-refractivity contribution >= 4 is 21.7 Å². The number of nitrogens with one attached hydrogen (secondary N) is 1. The summed E-state index contributed by atoms with van der Waals surface area (Å²) in [5.74, 6) is 1.80. The molecule has 1 aromatic heterocycles. The molecule has 0 amide bonds. The van der Waals surface area contributed by atoms with Gasteiger partial charge in [0.2, 0.25) is 0 Å². The maximum absolute atomic E-state index is 4.41. The van der Waals surface area contributed by atoms with Crippen molar-refractivity contribution in [2.45, 2.75) is 20.4 Å². The highest BCUT2D eigenvalue weighted by molar-refractivity contribution is 9.10. The monoisotopic (exact) mass is 229 g/mol. The van der Waals surface area contributed by atoms with Crippen molar-refractivity contribution in [1.29, 1.82) is 0 Å². The molecule has 1 unspecified atom stereocenters. The van der Waals surface area contributed by atoms with Crippen LogP contribution in [0.1, 0.15) is 12.6 Å². The van der Waals surface area contributed by atoms with E-state index in [0.29, 0.717) is 5.92 Å². The van der Waals surface area contributed by atoms with Crippen LogP contribution in [-0.2, 0) is 6.54 Å². The van der Waals surface area contributed by atoms with E-state index in [9.17, 15) is 0 Å². The summed E-state index contributed by atoms with van der Waals surface area (Å²) in [4.78, 5) is 0. The zero-order chi connectivity index (χ0) is 8.72. The van der Waals surface area contributed by atoms with E-state index in [0.717, 1.165) is 29.1 Å². The second-order valence-corrected chi connectivity index (χ2v) is 4.21. The van der Waals surface area contributed by atoms with Crippen molar-refractivity contribution < 1.29 is 0 Å². The summed E-state index contributed by atoms with van der Waals surface area (Å²) < 4.78 is 3.14. The largest absolute Gasteiger partial charge is 0.369 e. The van der Waals surface area contributed by atoms with Gasteiger partial charge in [-0.05, 0) is 28.8 Å². The van der Waals surface area contributed by atoms with E-state index in [2.05, 4.69) is 33.3 Å². The third kappa shape index (κ3) is 1.14. The van der Waals surface area contributed by atoms with Crippen LogP contribution in [0.2, 0.25) is 0 Å². The number of aryl methyl sites for hydroxylation is 1. The average Bonchev–Trinajstić information content (AvgIpc) is 2.28. The number of anilines is 1. The standard InChI is InChI=1S/C8H12BrN3/c1-5-3-10-8-7(9)6(2)11-12(8)4-5/h5,10H,3-4H2,1-2H3. The molecule has 1 aromatic rings. The molecular weight excluding hydrogens is 218 g/mol. The van der Waals surface area contributed by atoms with Crippen molar-refractivity contribution in [3.63, 3.8) is 0 Å². The van der Waals surface area contributed by atoms with Crippen LogP contribution in [0.5, 0.6) is 0 Å². The molecule has 2 rings (SSSR count). The minimum Gasteiger partial charge on any atom is -0.369 e. The molecule has 1 atom stereocenters. The number of fused-ring (bicyclic) bond motifs is 1. The van der Waals surface area contributed by atoms with Crippen molar-refractivity contribution in [2.75, 3.05) is 11.9 Å². The van der Waals surface area contributed by atoms with Gasteiger partial charge in [0.1, 0.15) is 5.82 Å². The third-order valence-electron chi connectivity index (χ3n) is 2.16. The minimum atomic E-state index is 0.670. The van der Waals surface area contributed by atoms with E-state index in [1.165, 1.54) is 0 Å². The van der Waals surface area contributed by atoms with Gasteiger partial charge in [-0.15, -0.1) is 0 Å². The van der Waals surface area contributed by atoms with Gasteiger partial charge in [0.05, 0.1) is 10.2 Å². The lowest BCUT2D eigenvalue weighted by atomic mass is 10.1. The van der Waals surface area contributed by atoms with Crippen LogP contribution in [-0.4, -0.2) is 16.3 Å². The zero-order valence-corrected chi connectivity index (χ0v) is 8.85. The van der Waals surface area contributed by atoms with Gasteiger partial charge in [0, 0.05) is 13.1 Å². The molecule has 0 bridgehead atoms. The molecule has 4 heteroatoms. The Hall–Kier alpha value is -0.510. The van der Waals surface area contributed by atoms with E-state index in [1.54, 1.807) is 0 Å². The summed E-state index contributed by atoms with van der Waals surface area (Å²) in [7, 11) is 0. The van der Waals surface area contributed by atoms with Crippen LogP contribution in [0.25, 0.3) is 0 Å². The number of halogens is 1. The van der Waals surface area contributed by atoms with Gasteiger partial charge < -0.3 is 5.32 Å². The topological polar surface area (TPSA) is 29.9 Å². The highest BCUT2D eigenvalue weighted by Crippen LogP contribution is 2.29. The number of hydrogen-bond donors (Lipinski definition) is 1. The summed E-state index contributed by atoms with van der Waals surface area (Å²) in [5, 5.41) is 7.76. The molecule has 12 heavy (non-hydrogen) atoms. The predicted octanol–water partition coefficient (Wildman–Crippen LogP) is 2.02. The molecular formula is C8H12BrN3. The molecule has 3 nitrogen and oxygen atoms in total. The average molecular weight is 230 g/mol. The van der Waals surface area contributed by atoms with E-state index < -0.39 is 0 Å². The molecule has 0 fully saturated rings. The quantitative estimate of drug-likeness (QED) is 0.738. The lowest BCUT2D eigenvalue weighted by Crippen LogP contribution is -2.25. The van der Waals surface area contributed by atoms with Crippen molar-refractivity contribution in [3.8, 4) is 0 Å².